The lowest BCUT2D eigenvalue weighted by atomic mass is 10.1. The van der Waals surface area contributed by atoms with Gasteiger partial charge in [-0.3, -0.25) is 4.72 Å². The number of hydrogen-bond acceptors (Lipinski definition) is 8. The minimum atomic E-state index is -4.20. The predicted octanol–water partition coefficient (Wildman–Crippen LogP) is 4.55. The van der Waals surface area contributed by atoms with E-state index < -0.39 is 15.8 Å². The molecule has 0 aliphatic heterocycles. The number of phenolic OH excluding ortho intramolecular Hbond substituents is 1. The zero-order valence-electron chi connectivity index (χ0n) is 20.3. The van der Waals surface area contributed by atoms with Crippen LogP contribution in [0.4, 0.5) is 10.1 Å². The van der Waals surface area contributed by atoms with Crippen LogP contribution >= 0.6 is 0 Å². The van der Waals surface area contributed by atoms with Crippen LogP contribution in [0.1, 0.15) is 11.1 Å². The summed E-state index contributed by atoms with van der Waals surface area (Å²) in [5.41, 5.74) is 0.881. The van der Waals surface area contributed by atoms with Crippen LogP contribution in [0.3, 0.4) is 0 Å². The van der Waals surface area contributed by atoms with Gasteiger partial charge in [-0.1, -0.05) is 12.2 Å². The number of benzene rings is 3. The van der Waals surface area contributed by atoms with Crippen molar-refractivity contribution in [1.82, 2.24) is 0 Å². The van der Waals surface area contributed by atoms with Gasteiger partial charge < -0.3 is 28.8 Å². The van der Waals surface area contributed by atoms with Gasteiger partial charge in [-0.05, 0) is 47.5 Å². The van der Waals surface area contributed by atoms with Crippen molar-refractivity contribution in [2.45, 2.75) is 4.90 Å². The molecule has 2 N–H and O–H groups in total. The molecule has 0 fully saturated rings. The van der Waals surface area contributed by atoms with Crippen molar-refractivity contribution in [3.05, 3.63) is 59.4 Å². The Balaban J connectivity index is 1.99. The molecular formula is C25H26FNO8S. The number of anilines is 1. The minimum absolute atomic E-state index is 0.108. The highest BCUT2D eigenvalue weighted by atomic mass is 32.2. The van der Waals surface area contributed by atoms with Crippen molar-refractivity contribution in [2.24, 2.45) is 0 Å². The number of nitrogens with one attached hydrogen (secondary N) is 1. The lowest BCUT2D eigenvalue weighted by Gasteiger charge is -2.14. The van der Waals surface area contributed by atoms with Crippen LogP contribution in [0.5, 0.6) is 34.5 Å². The van der Waals surface area contributed by atoms with Crippen LogP contribution in [0.2, 0.25) is 0 Å². The van der Waals surface area contributed by atoms with Crippen molar-refractivity contribution in [3.63, 3.8) is 0 Å². The number of aromatic hydroxyl groups is 1. The Morgan fingerprint density at radius 3 is 1.81 bits per heavy atom. The van der Waals surface area contributed by atoms with E-state index in [1.165, 1.54) is 59.8 Å². The zero-order valence-corrected chi connectivity index (χ0v) is 21.1. The summed E-state index contributed by atoms with van der Waals surface area (Å²) in [7, 11) is 2.83. The largest absolute Gasteiger partial charge is 0.504 e. The van der Waals surface area contributed by atoms with E-state index in [0.29, 0.717) is 28.4 Å². The fourth-order valence-corrected chi connectivity index (χ4v) is 4.50. The van der Waals surface area contributed by atoms with E-state index >= 15 is 0 Å². The molecule has 0 radical (unpaired) electrons. The number of ether oxygens (including phenoxy) is 5. The summed E-state index contributed by atoms with van der Waals surface area (Å²) >= 11 is 0. The lowest BCUT2D eigenvalue weighted by molar-refractivity contribution is 0.324. The Hall–Kier alpha value is -4.12. The fourth-order valence-electron chi connectivity index (χ4n) is 3.42. The normalized spacial score (nSPS) is 11.3. The number of phenols is 1. The molecule has 11 heteroatoms. The summed E-state index contributed by atoms with van der Waals surface area (Å²) in [4.78, 5) is -0.248. The molecular weight excluding hydrogens is 493 g/mol. The average molecular weight is 520 g/mol. The van der Waals surface area contributed by atoms with Crippen molar-refractivity contribution in [2.75, 3.05) is 40.3 Å². The van der Waals surface area contributed by atoms with Gasteiger partial charge in [0, 0.05) is 6.07 Å². The van der Waals surface area contributed by atoms with Crippen LogP contribution in [0, 0.1) is 5.82 Å². The first-order valence-electron chi connectivity index (χ1n) is 10.4. The Morgan fingerprint density at radius 1 is 0.750 bits per heavy atom. The standard InChI is InChI=1S/C25H26FNO8S/c1-31-21-9-8-17(14-20(21)28)36(29,30)27-19-11-15(10-18(26)24(19)34-4)6-7-16-12-22(32-2)25(35-5)23(13-16)33-3/h6-14,27-28H,1-5H3. The van der Waals surface area contributed by atoms with Gasteiger partial charge in [0.1, 0.15) is 0 Å². The molecule has 36 heavy (non-hydrogen) atoms. The average Bonchev–Trinajstić information content (AvgIpc) is 2.86. The molecule has 0 amide bonds. The summed E-state index contributed by atoms with van der Waals surface area (Å²) < 4.78 is 69.0. The molecule has 0 heterocycles. The van der Waals surface area contributed by atoms with Gasteiger partial charge in [0.05, 0.1) is 46.1 Å². The molecule has 0 bridgehead atoms. The number of methoxy groups -OCH3 is 5. The molecule has 0 unspecified atom stereocenters. The van der Waals surface area contributed by atoms with Crippen LogP contribution in [-0.2, 0) is 10.0 Å². The predicted molar refractivity (Wildman–Crippen MR) is 133 cm³/mol. The van der Waals surface area contributed by atoms with E-state index in [4.69, 9.17) is 23.7 Å². The summed E-state index contributed by atoms with van der Waals surface area (Å²) in [6.45, 7) is 0. The SMILES string of the molecule is COc1ccc(S(=O)(=O)Nc2cc(C=Cc3cc(OC)c(OC)c(OC)c3)cc(F)c2OC)cc1O. The first-order valence-corrected chi connectivity index (χ1v) is 11.9. The minimum Gasteiger partial charge on any atom is -0.504 e. The maximum atomic E-state index is 14.8. The van der Waals surface area contributed by atoms with E-state index in [0.717, 1.165) is 6.07 Å². The topological polar surface area (TPSA) is 113 Å². The molecule has 3 rings (SSSR count). The highest BCUT2D eigenvalue weighted by molar-refractivity contribution is 7.92. The summed E-state index contributed by atoms with van der Waals surface area (Å²) in [5, 5.41) is 9.96. The maximum Gasteiger partial charge on any atom is 0.262 e. The second-order valence-electron chi connectivity index (χ2n) is 7.31. The van der Waals surface area contributed by atoms with Crippen LogP contribution < -0.4 is 28.4 Å². The molecule has 0 aliphatic rings. The maximum absolute atomic E-state index is 14.8. The fraction of sp³-hybridized carbons (Fsp3) is 0.200. The Bertz CT molecular complexity index is 1360. The monoisotopic (exact) mass is 519 g/mol. The molecule has 0 saturated heterocycles. The Kier molecular flexibility index (Phi) is 8.15. The molecule has 9 nitrogen and oxygen atoms in total. The molecule has 0 atom stereocenters. The molecule has 3 aromatic carbocycles. The molecule has 0 saturated carbocycles. The number of rotatable bonds is 10. The highest BCUT2D eigenvalue weighted by Crippen LogP contribution is 2.39. The third-order valence-corrected chi connectivity index (χ3v) is 6.49. The van der Waals surface area contributed by atoms with E-state index in [2.05, 4.69) is 4.72 Å². The van der Waals surface area contributed by atoms with Gasteiger partial charge in [-0.2, -0.15) is 0 Å². The van der Waals surface area contributed by atoms with E-state index in [1.807, 2.05) is 0 Å². The van der Waals surface area contributed by atoms with E-state index in [9.17, 15) is 17.9 Å². The quantitative estimate of drug-likeness (QED) is 0.376. The van der Waals surface area contributed by atoms with Crippen molar-refractivity contribution in [3.8, 4) is 34.5 Å². The Labute approximate surface area is 208 Å². The summed E-state index contributed by atoms with van der Waals surface area (Å²) in [6, 6.07) is 9.60. The molecule has 3 aromatic rings. The van der Waals surface area contributed by atoms with E-state index in [1.54, 1.807) is 24.3 Å². The highest BCUT2D eigenvalue weighted by Gasteiger charge is 2.21. The second kappa shape index (κ2) is 11.1. The number of sulfonamides is 1. The van der Waals surface area contributed by atoms with Gasteiger partial charge in [-0.25, -0.2) is 12.8 Å². The van der Waals surface area contributed by atoms with Gasteiger partial charge in [0.2, 0.25) is 5.75 Å². The smallest absolute Gasteiger partial charge is 0.262 e. The summed E-state index contributed by atoms with van der Waals surface area (Å²) in [6.07, 6.45) is 3.26. The van der Waals surface area contributed by atoms with Gasteiger partial charge in [0.15, 0.2) is 34.6 Å². The van der Waals surface area contributed by atoms with Crippen LogP contribution in [0.25, 0.3) is 12.2 Å². The second-order valence-corrected chi connectivity index (χ2v) is 9.00. The molecule has 0 spiro atoms. The first kappa shape index (κ1) is 26.5. The molecule has 0 aliphatic carbocycles. The lowest BCUT2D eigenvalue weighted by Crippen LogP contribution is -2.14. The Morgan fingerprint density at radius 2 is 1.31 bits per heavy atom. The van der Waals surface area contributed by atoms with Crippen molar-refractivity contribution < 1.29 is 41.6 Å². The number of halogens is 1. The first-order chi connectivity index (χ1) is 17.2. The summed E-state index contributed by atoms with van der Waals surface area (Å²) in [5.74, 6) is -0.0192. The third kappa shape index (κ3) is 5.57. The van der Waals surface area contributed by atoms with E-state index in [-0.39, 0.29) is 27.8 Å². The molecule has 192 valence electrons. The molecule has 0 aromatic heterocycles. The van der Waals surface area contributed by atoms with Crippen molar-refractivity contribution >= 4 is 27.9 Å². The van der Waals surface area contributed by atoms with Crippen LogP contribution in [0.15, 0.2) is 47.4 Å². The zero-order chi connectivity index (χ0) is 26.5. The van der Waals surface area contributed by atoms with Crippen LogP contribution in [-0.4, -0.2) is 49.1 Å². The van der Waals surface area contributed by atoms with Crippen molar-refractivity contribution in [1.29, 1.82) is 0 Å². The van der Waals surface area contributed by atoms with Gasteiger partial charge >= 0.3 is 0 Å². The third-order valence-electron chi connectivity index (χ3n) is 5.13. The van der Waals surface area contributed by atoms with Gasteiger partial charge in [-0.15, -0.1) is 0 Å². The number of hydrogen-bond donors (Lipinski definition) is 2. The van der Waals surface area contributed by atoms with Gasteiger partial charge in [0.25, 0.3) is 10.0 Å².